The average molecular weight is 191 g/mol. The van der Waals surface area contributed by atoms with E-state index in [4.69, 9.17) is 0 Å². The highest BCUT2D eigenvalue weighted by molar-refractivity contribution is 5.06. The Hall–Kier alpha value is -0.930. The standard InChI is InChI=1S/C11H17N3/c1-11(8-12-9-11)14(2)7-10-5-3-4-6-13-10/h3-6,12H,7-9H2,1-2H3. The quantitative estimate of drug-likeness (QED) is 0.768. The molecule has 3 heteroatoms. The molecule has 0 spiro atoms. The lowest BCUT2D eigenvalue weighted by Gasteiger charge is -2.46. The topological polar surface area (TPSA) is 28.2 Å². The normalized spacial score (nSPS) is 19.4. The zero-order valence-electron chi connectivity index (χ0n) is 8.83. The van der Waals surface area contributed by atoms with Crippen LogP contribution in [-0.2, 0) is 6.54 Å². The molecule has 0 atom stereocenters. The number of hydrogen-bond donors (Lipinski definition) is 1. The van der Waals surface area contributed by atoms with Gasteiger partial charge in [-0.2, -0.15) is 0 Å². The predicted molar refractivity (Wildman–Crippen MR) is 57.0 cm³/mol. The van der Waals surface area contributed by atoms with Crippen LogP contribution in [-0.4, -0.2) is 35.6 Å². The maximum absolute atomic E-state index is 4.33. The minimum Gasteiger partial charge on any atom is -0.313 e. The molecule has 0 aliphatic carbocycles. The van der Waals surface area contributed by atoms with Gasteiger partial charge in [0.15, 0.2) is 0 Å². The molecule has 0 saturated carbocycles. The van der Waals surface area contributed by atoms with Crippen molar-refractivity contribution in [3.8, 4) is 0 Å². The van der Waals surface area contributed by atoms with Gasteiger partial charge in [-0.25, -0.2) is 0 Å². The summed E-state index contributed by atoms with van der Waals surface area (Å²) >= 11 is 0. The monoisotopic (exact) mass is 191 g/mol. The van der Waals surface area contributed by atoms with Gasteiger partial charge in [0.2, 0.25) is 0 Å². The van der Waals surface area contributed by atoms with Gasteiger partial charge in [0.25, 0.3) is 0 Å². The number of aromatic nitrogens is 1. The van der Waals surface area contributed by atoms with Crippen molar-refractivity contribution in [1.29, 1.82) is 0 Å². The largest absolute Gasteiger partial charge is 0.313 e. The SMILES string of the molecule is CN(Cc1ccccn1)C1(C)CNC1. The Morgan fingerprint density at radius 2 is 2.29 bits per heavy atom. The van der Waals surface area contributed by atoms with Crippen LogP contribution in [0.2, 0.25) is 0 Å². The van der Waals surface area contributed by atoms with E-state index in [1.165, 1.54) is 0 Å². The van der Waals surface area contributed by atoms with E-state index in [-0.39, 0.29) is 0 Å². The smallest absolute Gasteiger partial charge is 0.0544 e. The highest BCUT2D eigenvalue weighted by Gasteiger charge is 2.35. The van der Waals surface area contributed by atoms with Crippen LogP contribution in [0.3, 0.4) is 0 Å². The summed E-state index contributed by atoms with van der Waals surface area (Å²) in [4.78, 5) is 6.70. The Balaban J connectivity index is 1.98. The van der Waals surface area contributed by atoms with Crippen molar-refractivity contribution in [3.63, 3.8) is 0 Å². The Bertz CT molecular complexity index is 293. The summed E-state index contributed by atoms with van der Waals surface area (Å²) in [5.41, 5.74) is 1.46. The summed E-state index contributed by atoms with van der Waals surface area (Å²) in [5, 5.41) is 3.31. The van der Waals surface area contributed by atoms with Gasteiger partial charge in [-0.15, -0.1) is 0 Å². The second kappa shape index (κ2) is 3.67. The molecule has 1 aromatic rings. The molecule has 1 saturated heterocycles. The summed E-state index contributed by atoms with van der Waals surface area (Å²) < 4.78 is 0. The third-order valence-electron chi connectivity index (χ3n) is 3.06. The lowest BCUT2D eigenvalue weighted by atomic mass is 9.93. The molecule has 2 heterocycles. The number of likely N-dealkylation sites (N-methyl/N-ethyl adjacent to an activating group) is 1. The highest BCUT2D eigenvalue weighted by Crippen LogP contribution is 2.19. The minimum absolute atomic E-state index is 0.317. The van der Waals surface area contributed by atoms with Crippen LogP contribution in [0.1, 0.15) is 12.6 Å². The highest BCUT2D eigenvalue weighted by atomic mass is 15.3. The van der Waals surface area contributed by atoms with Crippen LogP contribution in [0.4, 0.5) is 0 Å². The average Bonchev–Trinajstić information content (AvgIpc) is 2.15. The molecule has 14 heavy (non-hydrogen) atoms. The maximum Gasteiger partial charge on any atom is 0.0544 e. The van der Waals surface area contributed by atoms with E-state index in [1.807, 2.05) is 18.3 Å². The number of pyridine rings is 1. The van der Waals surface area contributed by atoms with E-state index >= 15 is 0 Å². The second-order valence-corrected chi connectivity index (χ2v) is 4.28. The minimum atomic E-state index is 0.317. The van der Waals surface area contributed by atoms with Gasteiger partial charge in [-0.05, 0) is 26.1 Å². The molecule has 3 nitrogen and oxygen atoms in total. The fourth-order valence-electron chi connectivity index (χ4n) is 1.68. The second-order valence-electron chi connectivity index (χ2n) is 4.28. The molecule has 1 aliphatic rings. The third kappa shape index (κ3) is 1.79. The first-order chi connectivity index (χ1) is 6.71. The van der Waals surface area contributed by atoms with Crippen molar-refractivity contribution in [2.75, 3.05) is 20.1 Å². The molecule has 1 N–H and O–H groups in total. The van der Waals surface area contributed by atoms with E-state index in [1.54, 1.807) is 0 Å². The molecule has 2 rings (SSSR count). The molecule has 0 aromatic carbocycles. The van der Waals surface area contributed by atoms with Gasteiger partial charge in [-0.1, -0.05) is 6.07 Å². The van der Waals surface area contributed by atoms with Crippen LogP contribution in [0.5, 0.6) is 0 Å². The number of rotatable bonds is 3. The van der Waals surface area contributed by atoms with Crippen molar-refractivity contribution >= 4 is 0 Å². The van der Waals surface area contributed by atoms with E-state index < -0.39 is 0 Å². The van der Waals surface area contributed by atoms with E-state index in [2.05, 4.69) is 35.2 Å². The van der Waals surface area contributed by atoms with Crippen LogP contribution < -0.4 is 5.32 Å². The number of nitrogens with zero attached hydrogens (tertiary/aromatic N) is 2. The lowest BCUT2D eigenvalue weighted by molar-refractivity contribution is 0.0714. The summed E-state index contributed by atoms with van der Waals surface area (Å²) in [5.74, 6) is 0. The molecule has 1 fully saturated rings. The number of hydrogen-bond acceptors (Lipinski definition) is 3. The van der Waals surface area contributed by atoms with Gasteiger partial charge < -0.3 is 5.32 Å². The molecule has 0 amide bonds. The van der Waals surface area contributed by atoms with Gasteiger partial charge in [-0.3, -0.25) is 9.88 Å². The van der Waals surface area contributed by atoms with E-state index in [0.29, 0.717) is 5.54 Å². The van der Waals surface area contributed by atoms with Crippen LogP contribution in [0.15, 0.2) is 24.4 Å². The summed E-state index contributed by atoms with van der Waals surface area (Å²) in [7, 11) is 2.16. The fraction of sp³-hybridized carbons (Fsp3) is 0.545. The number of nitrogens with one attached hydrogen (secondary N) is 1. The van der Waals surface area contributed by atoms with Crippen LogP contribution in [0, 0.1) is 0 Å². The molecule has 76 valence electrons. The Morgan fingerprint density at radius 1 is 1.50 bits per heavy atom. The predicted octanol–water partition coefficient (Wildman–Crippen LogP) is 0.875. The van der Waals surface area contributed by atoms with Gasteiger partial charge in [0.05, 0.1) is 5.69 Å². The Morgan fingerprint density at radius 3 is 2.79 bits per heavy atom. The van der Waals surface area contributed by atoms with Crippen molar-refractivity contribution in [2.45, 2.75) is 19.0 Å². The van der Waals surface area contributed by atoms with Crippen LogP contribution in [0.25, 0.3) is 0 Å². The third-order valence-corrected chi connectivity index (χ3v) is 3.06. The Labute approximate surface area is 85.1 Å². The Kier molecular flexibility index (Phi) is 2.52. The van der Waals surface area contributed by atoms with Gasteiger partial charge >= 0.3 is 0 Å². The molecule has 1 aromatic heterocycles. The van der Waals surface area contributed by atoms with Crippen molar-refractivity contribution in [1.82, 2.24) is 15.2 Å². The molecule has 1 aliphatic heterocycles. The van der Waals surface area contributed by atoms with Gasteiger partial charge in [0.1, 0.15) is 0 Å². The summed E-state index contributed by atoms with van der Waals surface area (Å²) in [6.45, 7) is 5.37. The summed E-state index contributed by atoms with van der Waals surface area (Å²) in [6.07, 6.45) is 1.85. The zero-order valence-corrected chi connectivity index (χ0v) is 8.83. The first-order valence-corrected chi connectivity index (χ1v) is 5.03. The molecule has 0 bridgehead atoms. The van der Waals surface area contributed by atoms with Crippen LogP contribution >= 0.6 is 0 Å². The lowest BCUT2D eigenvalue weighted by Crippen LogP contribution is -2.65. The van der Waals surface area contributed by atoms with E-state index in [0.717, 1.165) is 25.3 Å². The molecular formula is C11H17N3. The molecule has 0 radical (unpaired) electrons. The first-order valence-electron chi connectivity index (χ1n) is 5.03. The van der Waals surface area contributed by atoms with Crippen molar-refractivity contribution < 1.29 is 0 Å². The van der Waals surface area contributed by atoms with E-state index in [9.17, 15) is 0 Å². The van der Waals surface area contributed by atoms with Gasteiger partial charge in [0, 0.05) is 31.4 Å². The maximum atomic E-state index is 4.33. The van der Waals surface area contributed by atoms with Crippen molar-refractivity contribution in [2.24, 2.45) is 0 Å². The van der Waals surface area contributed by atoms with Crippen molar-refractivity contribution in [3.05, 3.63) is 30.1 Å². The fourth-order valence-corrected chi connectivity index (χ4v) is 1.68. The molecular weight excluding hydrogens is 174 g/mol. The molecule has 0 unspecified atom stereocenters. The first kappa shape index (κ1) is 9.62. The summed E-state index contributed by atoms with van der Waals surface area (Å²) in [6, 6.07) is 6.07. The zero-order chi connectivity index (χ0) is 10.0.